The van der Waals surface area contributed by atoms with Crippen molar-refractivity contribution in [3.8, 4) is 11.1 Å². The highest BCUT2D eigenvalue weighted by Crippen LogP contribution is 2.29. The molecule has 1 saturated heterocycles. The molecule has 1 aromatic carbocycles. The van der Waals surface area contributed by atoms with Crippen molar-refractivity contribution in [2.24, 2.45) is 4.99 Å². The molecule has 182 valence electrons. The lowest BCUT2D eigenvalue weighted by Crippen LogP contribution is -2.38. The van der Waals surface area contributed by atoms with Gasteiger partial charge in [0.1, 0.15) is 5.71 Å². The van der Waals surface area contributed by atoms with Crippen molar-refractivity contribution in [3.63, 3.8) is 0 Å². The van der Waals surface area contributed by atoms with Gasteiger partial charge < -0.3 is 5.32 Å². The molecule has 1 aliphatic heterocycles. The summed E-state index contributed by atoms with van der Waals surface area (Å²) in [4.78, 5) is 28.0. The molecule has 0 radical (unpaired) electrons. The van der Waals surface area contributed by atoms with Gasteiger partial charge in [0.15, 0.2) is 0 Å². The summed E-state index contributed by atoms with van der Waals surface area (Å²) >= 11 is 0. The average molecular weight is 478 g/mol. The van der Waals surface area contributed by atoms with Crippen LogP contribution in [-0.4, -0.2) is 52.0 Å². The standard InChI is InChI=1S/C27H29F2N5O/c1-3-32-25(26(35)33-23-6-10-30-11-7-23)24-15-21(5-4-19(24)2)22-14-20(16-31-17-22)18-34-12-8-27(28,29)9-13-34/h4-7,10-11,14-17H,3,8-9,12-13,18H2,1-2H3,(H,30,33,35). The lowest BCUT2D eigenvalue weighted by Gasteiger charge is -2.31. The summed E-state index contributed by atoms with van der Waals surface area (Å²) in [7, 11) is 0. The zero-order valence-electron chi connectivity index (χ0n) is 20.0. The van der Waals surface area contributed by atoms with E-state index in [1.807, 2.05) is 43.0 Å². The molecule has 1 N–H and O–H groups in total. The summed E-state index contributed by atoms with van der Waals surface area (Å²) in [6, 6.07) is 11.4. The summed E-state index contributed by atoms with van der Waals surface area (Å²) in [6.45, 7) is 5.62. The highest BCUT2D eigenvalue weighted by atomic mass is 19.3. The number of hydrogen-bond acceptors (Lipinski definition) is 5. The summed E-state index contributed by atoms with van der Waals surface area (Å²) in [5.74, 6) is -2.84. The lowest BCUT2D eigenvalue weighted by atomic mass is 9.96. The molecule has 4 rings (SSSR count). The maximum Gasteiger partial charge on any atom is 0.274 e. The molecule has 8 heteroatoms. The van der Waals surface area contributed by atoms with E-state index in [9.17, 15) is 13.6 Å². The average Bonchev–Trinajstić information content (AvgIpc) is 2.85. The molecule has 6 nitrogen and oxygen atoms in total. The molecule has 3 aromatic rings. The molecule has 0 saturated carbocycles. The SMILES string of the molecule is CCN=C(C(=O)Nc1ccncc1)c1cc(-c2cncc(CN3CCC(F)(F)CC3)c2)ccc1C. The Morgan fingerprint density at radius 1 is 1.06 bits per heavy atom. The van der Waals surface area contributed by atoms with Crippen LogP contribution in [0, 0.1) is 6.92 Å². The predicted molar refractivity (Wildman–Crippen MR) is 134 cm³/mol. The number of rotatable bonds is 7. The van der Waals surface area contributed by atoms with Gasteiger partial charge in [-0.1, -0.05) is 12.1 Å². The largest absolute Gasteiger partial charge is 0.321 e. The molecule has 0 atom stereocenters. The molecule has 35 heavy (non-hydrogen) atoms. The molecule has 0 spiro atoms. The minimum Gasteiger partial charge on any atom is -0.321 e. The Labute approximate surface area is 204 Å². The zero-order chi connectivity index (χ0) is 24.8. The first-order valence-corrected chi connectivity index (χ1v) is 11.8. The van der Waals surface area contributed by atoms with Crippen LogP contribution >= 0.6 is 0 Å². The second kappa shape index (κ2) is 10.8. The topological polar surface area (TPSA) is 70.5 Å². The molecule has 0 aliphatic carbocycles. The first-order valence-electron chi connectivity index (χ1n) is 11.8. The summed E-state index contributed by atoms with van der Waals surface area (Å²) in [5.41, 5.74) is 5.47. The van der Waals surface area contributed by atoms with E-state index < -0.39 is 5.92 Å². The van der Waals surface area contributed by atoms with Gasteiger partial charge in [0.2, 0.25) is 0 Å². The van der Waals surface area contributed by atoms with Crippen LogP contribution in [0.2, 0.25) is 0 Å². The molecular weight excluding hydrogens is 448 g/mol. The first-order chi connectivity index (χ1) is 16.8. The van der Waals surface area contributed by atoms with Crippen LogP contribution < -0.4 is 5.32 Å². The van der Waals surface area contributed by atoms with Crippen LogP contribution in [0.15, 0.2) is 66.2 Å². The van der Waals surface area contributed by atoms with Crippen molar-refractivity contribution in [2.45, 2.75) is 39.2 Å². The number of alkyl halides is 2. The van der Waals surface area contributed by atoms with Gasteiger partial charge in [-0.2, -0.15) is 0 Å². The normalized spacial score (nSPS) is 16.2. The maximum absolute atomic E-state index is 13.5. The molecule has 3 heterocycles. The van der Waals surface area contributed by atoms with E-state index in [4.69, 9.17) is 0 Å². The van der Waals surface area contributed by atoms with Gasteiger partial charge in [-0.15, -0.1) is 0 Å². The number of piperidine rings is 1. The second-order valence-corrected chi connectivity index (χ2v) is 8.76. The fourth-order valence-electron chi connectivity index (χ4n) is 4.15. The number of nitrogens with one attached hydrogen (secondary N) is 1. The first kappa shape index (κ1) is 24.6. The monoisotopic (exact) mass is 477 g/mol. The summed E-state index contributed by atoms with van der Waals surface area (Å²) in [5, 5.41) is 2.89. The van der Waals surface area contributed by atoms with Gasteiger partial charge in [0.25, 0.3) is 11.8 Å². The molecule has 2 aromatic heterocycles. The Morgan fingerprint density at radius 2 is 1.80 bits per heavy atom. The number of aliphatic imine (C=N–C) groups is 1. The van der Waals surface area contributed by atoms with E-state index in [-0.39, 0.29) is 18.7 Å². The number of pyridine rings is 2. The number of hydrogen-bond donors (Lipinski definition) is 1. The quantitative estimate of drug-likeness (QED) is 0.479. The van der Waals surface area contributed by atoms with Crippen molar-refractivity contribution >= 4 is 17.3 Å². The summed E-state index contributed by atoms with van der Waals surface area (Å²) < 4.78 is 27.0. The van der Waals surface area contributed by atoms with Gasteiger partial charge in [-0.25, -0.2) is 8.78 Å². The maximum atomic E-state index is 13.5. The lowest BCUT2D eigenvalue weighted by molar-refractivity contribution is -0.110. The van der Waals surface area contributed by atoms with Crippen LogP contribution in [0.25, 0.3) is 11.1 Å². The third kappa shape index (κ3) is 6.33. The van der Waals surface area contributed by atoms with Crippen LogP contribution in [0.1, 0.15) is 36.5 Å². The van der Waals surface area contributed by atoms with E-state index in [0.29, 0.717) is 37.6 Å². The molecular formula is C27H29F2N5O. The number of nitrogens with zero attached hydrogens (tertiary/aromatic N) is 4. The highest BCUT2D eigenvalue weighted by molar-refractivity contribution is 6.49. The molecule has 0 bridgehead atoms. The number of benzene rings is 1. The van der Waals surface area contributed by atoms with Crippen molar-refractivity contribution in [1.29, 1.82) is 0 Å². The van der Waals surface area contributed by atoms with Gasteiger partial charge in [-0.3, -0.25) is 24.7 Å². The molecule has 1 amide bonds. The zero-order valence-corrected chi connectivity index (χ0v) is 20.0. The Morgan fingerprint density at radius 3 is 2.51 bits per heavy atom. The minimum absolute atomic E-state index is 0.109. The molecule has 1 fully saturated rings. The Kier molecular flexibility index (Phi) is 7.60. The Hall–Kier alpha value is -3.52. The van der Waals surface area contributed by atoms with Crippen LogP contribution in [0.5, 0.6) is 0 Å². The number of likely N-dealkylation sites (tertiary alicyclic amines) is 1. The van der Waals surface area contributed by atoms with E-state index in [0.717, 1.165) is 27.8 Å². The van der Waals surface area contributed by atoms with E-state index in [2.05, 4.69) is 20.3 Å². The van der Waals surface area contributed by atoms with E-state index in [1.54, 1.807) is 36.9 Å². The number of halogens is 2. The van der Waals surface area contributed by atoms with Gasteiger partial charge in [0, 0.05) is 80.6 Å². The minimum atomic E-state index is -2.56. The number of amides is 1. The van der Waals surface area contributed by atoms with Crippen LogP contribution in [0.4, 0.5) is 14.5 Å². The third-order valence-electron chi connectivity index (χ3n) is 6.08. The van der Waals surface area contributed by atoms with Crippen LogP contribution in [-0.2, 0) is 11.3 Å². The third-order valence-corrected chi connectivity index (χ3v) is 6.08. The van der Waals surface area contributed by atoms with Gasteiger partial charge >= 0.3 is 0 Å². The van der Waals surface area contributed by atoms with Crippen LogP contribution in [0.3, 0.4) is 0 Å². The highest BCUT2D eigenvalue weighted by Gasteiger charge is 2.33. The number of carbonyl (C=O) groups excluding carboxylic acids is 1. The van der Waals surface area contributed by atoms with Gasteiger partial charge in [0.05, 0.1) is 0 Å². The van der Waals surface area contributed by atoms with Gasteiger partial charge in [-0.05, 0) is 54.8 Å². The van der Waals surface area contributed by atoms with Crippen molar-refractivity contribution in [2.75, 3.05) is 25.0 Å². The van der Waals surface area contributed by atoms with Crippen molar-refractivity contribution in [1.82, 2.24) is 14.9 Å². The molecule has 0 unspecified atom stereocenters. The fourth-order valence-corrected chi connectivity index (χ4v) is 4.15. The number of aryl methyl sites for hydroxylation is 1. The predicted octanol–water partition coefficient (Wildman–Crippen LogP) is 5.13. The Balaban J connectivity index is 1.57. The molecule has 1 aliphatic rings. The number of carbonyl (C=O) groups is 1. The fraction of sp³-hybridized carbons (Fsp3) is 0.333. The number of aromatic nitrogens is 2. The second-order valence-electron chi connectivity index (χ2n) is 8.76. The van der Waals surface area contributed by atoms with E-state index in [1.165, 1.54) is 0 Å². The smallest absolute Gasteiger partial charge is 0.274 e. The van der Waals surface area contributed by atoms with E-state index >= 15 is 0 Å². The summed E-state index contributed by atoms with van der Waals surface area (Å²) in [6.07, 6.45) is 6.57. The van der Waals surface area contributed by atoms with Crippen molar-refractivity contribution in [3.05, 3.63) is 77.9 Å². The van der Waals surface area contributed by atoms with Crippen molar-refractivity contribution < 1.29 is 13.6 Å². The Bertz CT molecular complexity index is 1200. The number of anilines is 1.